The van der Waals surface area contributed by atoms with Crippen molar-refractivity contribution >= 4 is 11.9 Å². The summed E-state index contributed by atoms with van der Waals surface area (Å²) in [5, 5.41) is 16.7. The van der Waals surface area contributed by atoms with Crippen LogP contribution in [-0.2, 0) is 9.59 Å². The molecule has 0 radical (unpaired) electrons. The molecule has 0 aromatic rings. The third-order valence-electron chi connectivity index (χ3n) is 2.42. The first kappa shape index (κ1) is 17.2. The maximum atomic E-state index is 10.2. The minimum absolute atomic E-state index is 0.788. The molecule has 0 aromatic heterocycles. The van der Waals surface area contributed by atoms with E-state index < -0.39 is 11.9 Å². The summed E-state index contributed by atoms with van der Waals surface area (Å²) in [4.78, 5) is 20.4. The Bertz CT molecular complexity index is 340. The Morgan fingerprint density at radius 3 is 1.47 bits per heavy atom. The topological polar surface area (TPSA) is 74.6 Å². The van der Waals surface area contributed by atoms with E-state index in [4.69, 9.17) is 10.2 Å². The highest BCUT2D eigenvalue weighted by Crippen LogP contribution is 2.04. The summed E-state index contributed by atoms with van der Waals surface area (Å²) < 4.78 is 0. The molecule has 0 aliphatic heterocycles. The number of allylic oxidation sites excluding steroid dienone is 4. The number of unbranched alkanes of at least 4 members (excludes halogenated alkanes) is 5. The lowest BCUT2D eigenvalue weighted by molar-refractivity contribution is -0.132. The first-order valence-corrected chi connectivity index (χ1v) is 6.57. The van der Waals surface area contributed by atoms with Gasteiger partial charge in [-0.2, -0.15) is 0 Å². The maximum absolute atomic E-state index is 10.2. The lowest BCUT2D eigenvalue weighted by Gasteiger charge is -1.93. The van der Waals surface area contributed by atoms with Crippen molar-refractivity contribution in [3.8, 4) is 0 Å². The third kappa shape index (κ3) is 16.2. The molecule has 0 amide bonds. The summed E-state index contributed by atoms with van der Waals surface area (Å²) in [5.74, 6) is -1.79. The molecule has 4 nitrogen and oxygen atoms in total. The van der Waals surface area contributed by atoms with E-state index in [9.17, 15) is 9.59 Å². The first-order valence-electron chi connectivity index (χ1n) is 6.57. The average Bonchev–Trinajstić information content (AvgIpc) is 2.34. The van der Waals surface area contributed by atoms with Crippen LogP contribution in [0.15, 0.2) is 36.5 Å². The number of aliphatic carboxylic acids is 2. The Morgan fingerprint density at radius 2 is 1.00 bits per heavy atom. The van der Waals surface area contributed by atoms with Gasteiger partial charge in [-0.25, -0.2) is 9.59 Å². The molecular formula is C15H22O4. The van der Waals surface area contributed by atoms with E-state index in [0.717, 1.165) is 44.9 Å². The van der Waals surface area contributed by atoms with Gasteiger partial charge in [-0.3, -0.25) is 0 Å². The molecule has 0 saturated heterocycles. The summed E-state index contributed by atoms with van der Waals surface area (Å²) in [5.41, 5.74) is 0. The van der Waals surface area contributed by atoms with Gasteiger partial charge in [-0.05, 0) is 44.9 Å². The summed E-state index contributed by atoms with van der Waals surface area (Å²) in [6, 6.07) is 0. The molecule has 0 aliphatic rings. The quantitative estimate of drug-likeness (QED) is 0.340. The van der Waals surface area contributed by atoms with Gasteiger partial charge < -0.3 is 10.2 Å². The molecule has 0 spiro atoms. The fourth-order valence-electron chi connectivity index (χ4n) is 1.48. The summed E-state index contributed by atoms with van der Waals surface area (Å²) in [6.45, 7) is 0. The van der Waals surface area contributed by atoms with Crippen LogP contribution in [0.1, 0.15) is 44.9 Å². The van der Waals surface area contributed by atoms with Gasteiger partial charge in [0.05, 0.1) is 0 Å². The SMILES string of the molecule is O=C(O)C=CCCCC=CCCCCC=CC(=O)O. The molecular weight excluding hydrogens is 244 g/mol. The monoisotopic (exact) mass is 266 g/mol. The molecule has 0 heterocycles. The molecule has 0 aliphatic carbocycles. The van der Waals surface area contributed by atoms with Crippen LogP contribution >= 0.6 is 0 Å². The van der Waals surface area contributed by atoms with Crippen LogP contribution < -0.4 is 0 Å². The van der Waals surface area contributed by atoms with Crippen LogP contribution in [0.2, 0.25) is 0 Å². The predicted octanol–water partition coefficient (Wildman–Crippen LogP) is 3.55. The van der Waals surface area contributed by atoms with Crippen LogP contribution in [0, 0.1) is 0 Å². The van der Waals surface area contributed by atoms with E-state index in [1.54, 1.807) is 12.2 Å². The van der Waals surface area contributed by atoms with Crippen LogP contribution in [0.3, 0.4) is 0 Å². The van der Waals surface area contributed by atoms with Gasteiger partial charge in [-0.1, -0.05) is 24.3 Å². The fraction of sp³-hybridized carbons (Fsp3) is 0.467. The molecule has 0 fully saturated rings. The van der Waals surface area contributed by atoms with Gasteiger partial charge in [0, 0.05) is 12.2 Å². The minimum Gasteiger partial charge on any atom is -0.478 e. The second kappa shape index (κ2) is 12.6. The number of carbonyl (C=O) groups is 2. The summed E-state index contributed by atoms with van der Waals surface area (Å²) in [7, 11) is 0. The highest BCUT2D eigenvalue weighted by atomic mass is 16.4. The van der Waals surface area contributed by atoms with Crippen molar-refractivity contribution in [2.75, 3.05) is 0 Å². The smallest absolute Gasteiger partial charge is 0.327 e. The molecule has 0 rings (SSSR count). The number of carboxylic acid groups (broad SMARTS) is 2. The van der Waals surface area contributed by atoms with E-state index >= 15 is 0 Å². The Balaban J connectivity index is 3.30. The van der Waals surface area contributed by atoms with E-state index in [-0.39, 0.29) is 0 Å². The highest BCUT2D eigenvalue weighted by Gasteiger charge is 1.87. The van der Waals surface area contributed by atoms with Crippen molar-refractivity contribution in [3.63, 3.8) is 0 Å². The molecule has 0 atom stereocenters. The zero-order valence-electron chi connectivity index (χ0n) is 11.1. The van der Waals surface area contributed by atoms with Crippen molar-refractivity contribution in [1.29, 1.82) is 0 Å². The van der Waals surface area contributed by atoms with Gasteiger partial charge in [0.15, 0.2) is 0 Å². The molecule has 0 saturated carbocycles. The number of hydrogen-bond acceptors (Lipinski definition) is 2. The van der Waals surface area contributed by atoms with Gasteiger partial charge in [0.1, 0.15) is 0 Å². The van der Waals surface area contributed by atoms with E-state index in [1.165, 1.54) is 12.2 Å². The second-order valence-electron chi connectivity index (χ2n) is 4.17. The van der Waals surface area contributed by atoms with Crippen LogP contribution in [0.25, 0.3) is 0 Å². The van der Waals surface area contributed by atoms with Gasteiger partial charge in [-0.15, -0.1) is 0 Å². The molecule has 0 unspecified atom stereocenters. The lowest BCUT2D eigenvalue weighted by Crippen LogP contribution is -1.85. The third-order valence-corrected chi connectivity index (χ3v) is 2.42. The Morgan fingerprint density at radius 1 is 0.632 bits per heavy atom. The molecule has 2 N–H and O–H groups in total. The van der Waals surface area contributed by atoms with Crippen molar-refractivity contribution in [3.05, 3.63) is 36.5 Å². The van der Waals surface area contributed by atoms with Crippen LogP contribution in [0.4, 0.5) is 0 Å². The minimum atomic E-state index is -0.896. The normalized spacial score (nSPS) is 11.8. The molecule has 0 aromatic carbocycles. The number of rotatable bonds is 11. The number of hydrogen-bond donors (Lipinski definition) is 2. The average molecular weight is 266 g/mol. The van der Waals surface area contributed by atoms with E-state index in [1.807, 2.05) is 0 Å². The summed E-state index contributed by atoms with van der Waals surface area (Å²) >= 11 is 0. The zero-order valence-corrected chi connectivity index (χ0v) is 11.1. The summed E-state index contributed by atoms with van der Waals surface area (Å²) in [6.07, 6.45) is 16.5. The molecule has 0 bridgehead atoms. The Hall–Kier alpha value is -1.84. The maximum Gasteiger partial charge on any atom is 0.327 e. The van der Waals surface area contributed by atoms with Gasteiger partial charge >= 0.3 is 11.9 Å². The molecule has 106 valence electrons. The predicted molar refractivity (Wildman–Crippen MR) is 75.0 cm³/mol. The van der Waals surface area contributed by atoms with Gasteiger partial charge in [0.25, 0.3) is 0 Å². The Labute approximate surface area is 114 Å². The van der Waals surface area contributed by atoms with Crippen molar-refractivity contribution < 1.29 is 19.8 Å². The standard InChI is InChI=1S/C15H22O4/c16-14(17)12-10-8-6-4-2-1-3-5-7-9-11-13-15(18)19/h1-2,10-13H,3-9H2,(H,16,17)(H,18,19). The van der Waals surface area contributed by atoms with Crippen molar-refractivity contribution in [2.24, 2.45) is 0 Å². The van der Waals surface area contributed by atoms with E-state index in [0.29, 0.717) is 0 Å². The molecule has 19 heavy (non-hydrogen) atoms. The van der Waals surface area contributed by atoms with Crippen molar-refractivity contribution in [2.45, 2.75) is 44.9 Å². The number of carboxylic acids is 2. The van der Waals surface area contributed by atoms with E-state index in [2.05, 4.69) is 12.2 Å². The van der Waals surface area contributed by atoms with Crippen LogP contribution in [0.5, 0.6) is 0 Å². The highest BCUT2D eigenvalue weighted by molar-refractivity contribution is 5.79. The first-order chi connectivity index (χ1) is 9.13. The van der Waals surface area contributed by atoms with Gasteiger partial charge in [0.2, 0.25) is 0 Å². The largest absolute Gasteiger partial charge is 0.478 e. The molecule has 4 heteroatoms. The van der Waals surface area contributed by atoms with Crippen LogP contribution in [-0.4, -0.2) is 22.2 Å². The zero-order chi connectivity index (χ0) is 14.3. The lowest BCUT2D eigenvalue weighted by atomic mass is 10.1. The fourth-order valence-corrected chi connectivity index (χ4v) is 1.48. The van der Waals surface area contributed by atoms with Crippen molar-refractivity contribution in [1.82, 2.24) is 0 Å². The Kier molecular flexibility index (Phi) is 11.4. The second-order valence-corrected chi connectivity index (χ2v) is 4.17.